The van der Waals surface area contributed by atoms with E-state index < -0.39 is 0 Å². The summed E-state index contributed by atoms with van der Waals surface area (Å²) in [5.74, 6) is 0.447. The molecule has 1 heterocycles. The molecule has 4 nitrogen and oxygen atoms in total. The van der Waals surface area contributed by atoms with Gasteiger partial charge in [0, 0.05) is 23.0 Å². The Morgan fingerprint density at radius 2 is 1.73 bits per heavy atom. The van der Waals surface area contributed by atoms with E-state index in [1.165, 1.54) is 22.9 Å². The summed E-state index contributed by atoms with van der Waals surface area (Å²) in [5, 5.41) is 1.48. The Kier molecular flexibility index (Phi) is 8.17. The summed E-state index contributed by atoms with van der Waals surface area (Å²) in [5.41, 5.74) is 3.43. The topological polar surface area (TPSA) is 36.4 Å². The summed E-state index contributed by atoms with van der Waals surface area (Å²) in [6.45, 7) is 11.9. The second kappa shape index (κ2) is 10.6. The van der Waals surface area contributed by atoms with Gasteiger partial charge >= 0.3 is 0 Å². The SMILES string of the molecule is CCN(CC)CCN(C(=O)CSc1ccc(Cl)cc1)c1nc2cc(C)c(C)cc2s1. The molecule has 0 fully saturated rings. The molecule has 0 aliphatic rings. The summed E-state index contributed by atoms with van der Waals surface area (Å²) in [6, 6.07) is 11.9. The molecular weight excluding hydrogens is 434 g/mol. The van der Waals surface area contributed by atoms with Crippen LogP contribution in [-0.2, 0) is 4.79 Å². The van der Waals surface area contributed by atoms with E-state index in [1.807, 2.05) is 29.2 Å². The van der Waals surface area contributed by atoms with Crippen LogP contribution >= 0.6 is 34.7 Å². The van der Waals surface area contributed by atoms with E-state index in [1.54, 1.807) is 11.3 Å². The molecule has 0 aliphatic carbocycles. The van der Waals surface area contributed by atoms with Crippen LogP contribution in [0, 0.1) is 13.8 Å². The van der Waals surface area contributed by atoms with E-state index in [4.69, 9.17) is 16.6 Å². The molecule has 0 unspecified atom stereocenters. The van der Waals surface area contributed by atoms with Gasteiger partial charge in [0.15, 0.2) is 5.13 Å². The van der Waals surface area contributed by atoms with Crippen molar-refractivity contribution in [3.8, 4) is 0 Å². The third-order valence-electron chi connectivity index (χ3n) is 5.23. The van der Waals surface area contributed by atoms with Crippen molar-refractivity contribution in [1.29, 1.82) is 0 Å². The lowest BCUT2D eigenvalue weighted by molar-refractivity contribution is -0.116. The number of thiazole rings is 1. The lowest BCUT2D eigenvalue weighted by Gasteiger charge is -2.24. The third kappa shape index (κ3) is 5.76. The van der Waals surface area contributed by atoms with E-state index in [9.17, 15) is 4.79 Å². The maximum Gasteiger partial charge on any atom is 0.239 e. The lowest BCUT2D eigenvalue weighted by atomic mass is 10.1. The molecule has 0 aliphatic heterocycles. The van der Waals surface area contributed by atoms with E-state index in [0.29, 0.717) is 17.3 Å². The molecule has 3 aromatic rings. The van der Waals surface area contributed by atoms with Crippen molar-refractivity contribution in [2.45, 2.75) is 32.6 Å². The molecule has 1 aromatic heterocycles. The van der Waals surface area contributed by atoms with Crippen LogP contribution in [0.25, 0.3) is 10.2 Å². The third-order valence-corrected chi connectivity index (χ3v) is 7.52. The molecular formula is C23H28ClN3OS2. The fraction of sp³-hybridized carbons (Fsp3) is 0.391. The Morgan fingerprint density at radius 1 is 1.07 bits per heavy atom. The molecule has 3 rings (SSSR count). The van der Waals surface area contributed by atoms with Crippen molar-refractivity contribution in [2.24, 2.45) is 0 Å². The van der Waals surface area contributed by atoms with E-state index in [0.717, 1.165) is 39.9 Å². The van der Waals surface area contributed by atoms with Gasteiger partial charge in [-0.15, -0.1) is 11.8 Å². The van der Waals surface area contributed by atoms with Gasteiger partial charge < -0.3 is 4.90 Å². The molecule has 0 N–H and O–H groups in total. The van der Waals surface area contributed by atoms with Gasteiger partial charge in [-0.2, -0.15) is 0 Å². The van der Waals surface area contributed by atoms with Crippen LogP contribution in [0.3, 0.4) is 0 Å². The maximum absolute atomic E-state index is 13.2. The van der Waals surface area contributed by atoms with Crippen LogP contribution < -0.4 is 4.90 Å². The van der Waals surface area contributed by atoms with Gasteiger partial charge in [0.05, 0.1) is 16.0 Å². The number of anilines is 1. The first-order valence-corrected chi connectivity index (χ1v) is 12.4. The molecule has 0 bridgehead atoms. The number of benzene rings is 2. The Balaban J connectivity index is 1.81. The number of amides is 1. The number of carbonyl (C=O) groups is 1. The average molecular weight is 462 g/mol. The number of rotatable bonds is 9. The fourth-order valence-corrected chi connectivity index (χ4v) is 5.13. The average Bonchev–Trinajstić information content (AvgIpc) is 3.13. The number of carbonyl (C=O) groups excluding carboxylic acids is 1. The van der Waals surface area contributed by atoms with Crippen molar-refractivity contribution >= 4 is 56.0 Å². The predicted molar refractivity (Wildman–Crippen MR) is 131 cm³/mol. The molecule has 0 radical (unpaired) electrons. The smallest absolute Gasteiger partial charge is 0.239 e. The number of hydrogen-bond acceptors (Lipinski definition) is 5. The molecule has 0 saturated carbocycles. The molecule has 1 amide bonds. The zero-order chi connectivity index (χ0) is 21.7. The quantitative estimate of drug-likeness (QED) is 0.364. The first-order valence-electron chi connectivity index (χ1n) is 10.2. The van der Waals surface area contributed by atoms with Gasteiger partial charge in [-0.25, -0.2) is 4.98 Å². The Hall–Kier alpha value is -1.60. The molecule has 30 heavy (non-hydrogen) atoms. The van der Waals surface area contributed by atoms with Crippen LogP contribution in [0.2, 0.25) is 5.02 Å². The zero-order valence-corrected chi connectivity index (χ0v) is 20.3. The van der Waals surface area contributed by atoms with Crippen LogP contribution in [0.4, 0.5) is 5.13 Å². The number of halogens is 1. The Bertz CT molecular complexity index is 961. The van der Waals surface area contributed by atoms with E-state index in [2.05, 4.69) is 44.7 Å². The number of thioether (sulfide) groups is 1. The van der Waals surface area contributed by atoms with Gasteiger partial charge in [0.1, 0.15) is 0 Å². The largest absolute Gasteiger partial charge is 0.302 e. The van der Waals surface area contributed by atoms with Crippen molar-refractivity contribution in [3.63, 3.8) is 0 Å². The molecule has 0 saturated heterocycles. The zero-order valence-electron chi connectivity index (χ0n) is 17.9. The number of aryl methyl sites for hydroxylation is 2. The van der Waals surface area contributed by atoms with Gasteiger partial charge in [0.2, 0.25) is 5.91 Å². The standard InChI is InChI=1S/C23H28ClN3OS2/c1-5-26(6-2)11-12-27(22(28)15-29-19-9-7-18(24)8-10-19)23-25-20-13-16(3)17(4)14-21(20)30-23/h7-10,13-14H,5-6,11-12,15H2,1-4H3. The number of nitrogens with zero attached hydrogens (tertiary/aromatic N) is 3. The van der Waals surface area contributed by atoms with Crippen molar-refractivity contribution in [3.05, 3.63) is 52.5 Å². The van der Waals surface area contributed by atoms with Crippen molar-refractivity contribution in [2.75, 3.05) is 36.8 Å². The molecule has 0 spiro atoms. The summed E-state index contributed by atoms with van der Waals surface area (Å²) in [7, 11) is 0. The lowest BCUT2D eigenvalue weighted by Crippen LogP contribution is -2.39. The fourth-order valence-electron chi connectivity index (χ4n) is 3.15. The molecule has 160 valence electrons. The Morgan fingerprint density at radius 3 is 2.40 bits per heavy atom. The maximum atomic E-state index is 13.2. The highest BCUT2D eigenvalue weighted by Crippen LogP contribution is 2.31. The molecule has 0 atom stereocenters. The molecule has 2 aromatic carbocycles. The minimum Gasteiger partial charge on any atom is -0.302 e. The van der Waals surface area contributed by atoms with Crippen LogP contribution in [0.1, 0.15) is 25.0 Å². The van der Waals surface area contributed by atoms with Crippen molar-refractivity contribution in [1.82, 2.24) is 9.88 Å². The van der Waals surface area contributed by atoms with Crippen LogP contribution in [0.15, 0.2) is 41.3 Å². The predicted octanol–water partition coefficient (Wildman–Crippen LogP) is 6.03. The van der Waals surface area contributed by atoms with E-state index >= 15 is 0 Å². The number of likely N-dealkylation sites (N-methyl/N-ethyl adjacent to an activating group) is 1. The monoisotopic (exact) mass is 461 g/mol. The van der Waals surface area contributed by atoms with Crippen LogP contribution in [0.5, 0.6) is 0 Å². The highest BCUT2D eigenvalue weighted by atomic mass is 35.5. The molecule has 7 heteroatoms. The second-order valence-corrected chi connectivity index (χ2v) is 9.71. The normalized spacial score (nSPS) is 11.4. The number of aromatic nitrogens is 1. The van der Waals surface area contributed by atoms with Gasteiger partial charge in [-0.1, -0.05) is 36.8 Å². The second-order valence-electron chi connectivity index (χ2n) is 7.22. The minimum atomic E-state index is 0.0783. The minimum absolute atomic E-state index is 0.0783. The van der Waals surface area contributed by atoms with Gasteiger partial charge in [0.25, 0.3) is 0 Å². The number of hydrogen-bond donors (Lipinski definition) is 0. The Labute approximate surface area is 192 Å². The summed E-state index contributed by atoms with van der Waals surface area (Å²) in [6.07, 6.45) is 0. The van der Waals surface area contributed by atoms with Gasteiger partial charge in [-0.3, -0.25) is 9.69 Å². The van der Waals surface area contributed by atoms with Gasteiger partial charge in [-0.05, 0) is 74.5 Å². The summed E-state index contributed by atoms with van der Waals surface area (Å²) >= 11 is 9.10. The van der Waals surface area contributed by atoms with Crippen LogP contribution in [-0.4, -0.2) is 47.7 Å². The summed E-state index contributed by atoms with van der Waals surface area (Å²) in [4.78, 5) is 23.2. The highest BCUT2D eigenvalue weighted by Gasteiger charge is 2.21. The van der Waals surface area contributed by atoms with Crippen molar-refractivity contribution < 1.29 is 4.79 Å². The first-order chi connectivity index (χ1) is 14.4. The number of fused-ring (bicyclic) bond motifs is 1. The van der Waals surface area contributed by atoms with E-state index in [-0.39, 0.29) is 5.91 Å². The highest BCUT2D eigenvalue weighted by molar-refractivity contribution is 8.00. The first kappa shape index (κ1) is 23.1. The summed E-state index contributed by atoms with van der Waals surface area (Å²) < 4.78 is 1.12.